The van der Waals surface area contributed by atoms with Gasteiger partial charge in [-0.05, 0) is 12.5 Å². The Labute approximate surface area is 100 Å². The molecule has 92 valence electrons. The molecule has 2 rings (SSSR count). The van der Waals surface area contributed by atoms with Gasteiger partial charge in [-0.3, -0.25) is 9.36 Å². The summed E-state index contributed by atoms with van der Waals surface area (Å²) in [7, 11) is 3.77. The van der Waals surface area contributed by atoms with Gasteiger partial charge in [0.25, 0.3) is 0 Å². The van der Waals surface area contributed by atoms with Gasteiger partial charge in [-0.25, -0.2) is 0 Å². The predicted octanol–water partition coefficient (Wildman–Crippen LogP) is 0.353. The van der Waals surface area contributed by atoms with Crippen LogP contribution in [-0.2, 0) is 26.9 Å². The smallest absolute Gasteiger partial charge is 0.0846 e. The van der Waals surface area contributed by atoms with Crippen molar-refractivity contribution in [1.29, 1.82) is 0 Å². The summed E-state index contributed by atoms with van der Waals surface area (Å²) in [6, 6.07) is 1.96. The van der Waals surface area contributed by atoms with Crippen molar-refractivity contribution in [2.45, 2.75) is 25.8 Å². The highest BCUT2D eigenvalue weighted by molar-refractivity contribution is 5.15. The standard InChI is InChI=1S/C11H18N6/c1-4-8-6-11(17(3)14-8)10(12)5-9-7-16(2)15-13-9/h6-7,10H,4-5,12H2,1-3H3. The zero-order chi connectivity index (χ0) is 12.4. The number of aryl methyl sites for hydroxylation is 3. The molecule has 2 heterocycles. The molecule has 0 aliphatic heterocycles. The number of hydrogen-bond acceptors (Lipinski definition) is 4. The molecule has 6 nitrogen and oxygen atoms in total. The molecule has 0 aromatic carbocycles. The first-order valence-corrected chi connectivity index (χ1v) is 5.73. The third-order valence-corrected chi connectivity index (χ3v) is 2.79. The third kappa shape index (κ3) is 2.52. The highest BCUT2D eigenvalue weighted by atomic mass is 15.4. The van der Waals surface area contributed by atoms with Gasteiger partial charge in [0.15, 0.2) is 0 Å². The predicted molar refractivity (Wildman–Crippen MR) is 64.2 cm³/mol. The minimum atomic E-state index is -0.0931. The fourth-order valence-electron chi connectivity index (χ4n) is 1.88. The lowest BCUT2D eigenvalue weighted by molar-refractivity contribution is 0.607. The van der Waals surface area contributed by atoms with Crippen LogP contribution >= 0.6 is 0 Å². The monoisotopic (exact) mass is 234 g/mol. The van der Waals surface area contributed by atoms with E-state index in [0.29, 0.717) is 6.42 Å². The zero-order valence-electron chi connectivity index (χ0n) is 10.5. The van der Waals surface area contributed by atoms with Gasteiger partial charge in [-0.15, -0.1) is 5.10 Å². The van der Waals surface area contributed by atoms with Crippen molar-refractivity contribution in [3.05, 3.63) is 29.3 Å². The lowest BCUT2D eigenvalue weighted by Crippen LogP contribution is -2.17. The molecule has 0 saturated carbocycles. The summed E-state index contributed by atoms with van der Waals surface area (Å²) >= 11 is 0. The Balaban J connectivity index is 2.13. The van der Waals surface area contributed by atoms with E-state index in [1.54, 1.807) is 4.68 Å². The van der Waals surface area contributed by atoms with E-state index in [0.717, 1.165) is 23.5 Å². The number of nitrogens with two attached hydrogens (primary N) is 1. The molecule has 2 N–H and O–H groups in total. The molecule has 6 heteroatoms. The molecule has 17 heavy (non-hydrogen) atoms. The van der Waals surface area contributed by atoms with Crippen molar-refractivity contribution in [2.24, 2.45) is 19.8 Å². The van der Waals surface area contributed by atoms with Crippen molar-refractivity contribution < 1.29 is 0 Å². The van der Waals surface area contributed by atoms with Gasteiger partial charge in [0.05, 0.1) is 23.1 Å². The van der Waals surface area contributed by atoms with Gasteiger partial charge in [0.1, 0.15) is 0 Å². The number of hydrogen-bond donors (Lipinski definition) is 1. The van der Waals surface area contributed by atoms with E-state index in [4.69, 9.17) is 5.73 Å². The summed E-state index contributed by atoms with van der Waals surface area (Å²) < 4.78 is 3.53. The Hall–Kier alpha value is -1.69. The molecule has 0 aliphatic carbocycles. The van der Waals surface area contributed by atoms with Gasteiger partial charge < -0.3 is 5.73 Å². The van der Waals surface area contributed by atoms with Crippen LogP contribution < -0.4 is 5.73 Å². The van der Waals surface area contributed by atoms with E-state index >= 15 is 0 Å². The van der Waals surface area contributed by atoms with Crippen LogP contribution in [0.15, 0.2) is 12.3 Å². The third-order valence-electron chi connectivity index (χ3n) is 2.79. The largest absolute Gasteiger partial charge is 0.322 e. The summed E-state index contributed by atoms with van der Waals surface area (Å²) in [5, 5.41) is 12.3. The molecule has 0 aliphatic rings. The normalized spacial score (nSPS) is 12.9. The van der Waals surface area contributed by atoms with Gasteiger partial charge in [0, 0.05) is 26.7 Å². The average molecular weight is 234 g/mol. The van der Waals surface area contributed by atoms with Crippen LogP contribution in [-0.4, -0.2) is 24.8 Å². The Kier molecular flexibility index (Phi) is 3.23. The molecular weight excluding hydrogens is 216 g/mol. The van der Waals surface area contributed by atoms with Gasteiger partial charge in [-0.1, -0.05) is 12.1 Å². The topological polar surface area (TPSA) is 74.6 Å². The Morgan fingerprint density at radius 2 is 2.12 bits per heavy atom. The molecule has 0 amide bonds. The van der Waals surface area contributed by atoms with Gasteiger partial charge in [-0.2, -0.15) is 5.10 Å². The van der Waals surface area contributed by atoms with Crippen molar-refractivity contribution in [2.75, 3.05) is 0 Å². The summed E-state index contributed by atoms with van der Waals surface area (Å²) in [6.45, 7) is 2.08. The molecule has 2 aromatic heterocycles. The summed E-state index contributed by atoms with van der Waals surface area (Å²) in [5.74, 6) is 0. The van der Waals surface area contributed by atoms with Gasteiger partial charge in [0.2, 0.25) is 0 Å². The lowest BCUT2D eigenvalue weighted by Gasteiger charge is -2.09. The molecule has 1 atom stereocenters. The SMILES string of the molecule is CCc1cc(C(N)Cc2cn(C)nn2)n(C)n1. The Morgan fingerprint density at radius 1 is 1.35 bits per heavy atom. The number of aromatic nitrogens is 5. The maximum absolute atomic E-state index is 6.17. The molecule has 0 radical (unpaired) electrons. The van der Waals surface area contributed by atoms with Crippen LogP contribution in [0.5, 0.6) is 0 Å². The van der Waals surface area contributed by atoms with E-state index in [9.17, 15) is 0 Å². The molecule has 0 saturated heterocycles. The fraction of sp³-hybridized carbons (Fsp3) is 0.545. The summed E-state index contributed by atoms with van der Waals surface area (Å²) in [5.41, 5.74) is 9.17. The molecule has 0 bridgehead atoms. The van der Waals surface area contributed by atoms with Gasteiger partial charge >= 0.3 is 0 Å². The maximum atomic E-state index is 6.17. The summed E-state index contributed by atoms with van der Waals surface area (Å²) in [4.78, 5) is 0. The van der Waals surface area contributed by atoms with E-state index in [1.807, 2.05) is 25.0 Å². The van der Waals surface area contributed by atoms with E-state index in [1.165, 1.54) is 0 Å². The first-order valence-electron chi connectivity index (χ1n) is 5.73. The first kappa shape index (κ1) is 11.8. The average Bonchev–Trinajstić information content (AvgIpc) is 2.85. The van der Waals surface area contributed by atoms with E-state index in [-0.39, 0.29) is 6.04 Å². The quantitative estimate of drug-likeness (QED) is 0.828. The van der Waals surface area contributed by atoms with Crippen LogP contribution in [0.2, 0.25) is 0 Å². The number of nitrogens with zero attached hydrogens (tertiary/aromatic N) is 5. The van der Waals surface area contributed by atoms with Crippen LogP contribution in [0.1, 0.15) is 30.0 Å². The van der Waals surface area contributed by atoms with Crippen molar-refractivity contribution in [3.8, 4) is 0 Å². The lowest BCUT2D eigenvalue weighted by atomic mass is 10.1. The van der Waals surface area contributed by atoms with Crippen LogP contribution in [0, 0.1) is 0 Å². The Bertz CT molecular complexity index is 498. The zero-order valence-corrected chi connectivity index (χ0v) is 10.5. The maximum Gasteiger partial charge on any atom is 0.0846 e. The second kappa shape index (κ2) is 4.67. The van der Waals surface area contributed by atoms with Crippen LogP contribution in [0.4, 0.5) is 0 Å². The summed E-state index contributed by atoms with van der Waals surface area (Å²) in [6.07, 6.45) is 3.49. The highest BCUT2D eigenvalue weighted by Crippen LogP contribution is 2.15. The second-order valence-corrected chi connectivity index (χ2v) is 4.23. The highest BCUT2D eigenvalue weighted by Gasteiger charge is 2.14. The van der Waals surface area contributed by atoms with Crippen molar-refractivity contribution >= 4 is 0 Å². The minimum Gasteiger partial charge on any atom is -0.322 e. The molecular formula is C11H18N6. The molecule has 2 aromatic rings. The van der Waals surface area contributed by atoms with E-state index in [2.05, 4.69) is 28.4 Å². The van der Waals surface area contributed by atoms with Crippen LogP contribution in [0.25, 0.3) is 0 Å². The van der Waals surface area contributed by atoms with Crippen molar-refractivity contribution in [1.82, 2.24) is 24.8 Å². The molecule has 1 unspecified atom stereocenters. The molecule has 0 fully saturated rings. The van der Waals surface area contributed by atoms with Crippen LogP contribution in [0.3, 0.4) is 0 Å². The Morgan fingerprint density at radius 3 is 2.65 bits per heavy atom. The van der Waals surface area contributed by atoms with Crippen molar-refractivity contribution in [3.63, 3.8) is 0 Å². The fourth-order valence-corrected chi connectivity index (χ4v) is 1.88. The number of rotatable bonds is 4. The first-order chi connectivity index (χ1) is 8.10. The molecule has 0 spiro atoms. The minimum absolute atomic E-state index is 0.0931. The second-order valence-electron chi connectivity index (χ2n) is 4.23. The van der Waals surface area contributed by atoms with E-state index < -0.39 is 0 Å².